The lowest BCUT2D eigenvalue weighted by atomic mass is 10.1. The zero-order valence-electron chi connectivity index (χ0n) is 19.8. The Hall–Kier alpha value is -3.09. The molecule has 0 radical (unpaired) electrons. The van der Waals surface area contributed by atoms with E-state index in [1.54, 1.807) is 30.0 Å². The van der Waals surface area contributed by atoms with E-state index in [0.717, 1.165) is 28.9 Å². The molecule has 0 fully saturated rings. The van der Waals surface area contributed by atoms with Crippen LogP contribution in [-0.4, -0.2) is 60.6 Å². The number of amides is 1. The number of carbonyl (C=O) groups is 1. The molecule has 0 aliphatic carbocycles. The first-order valence-corrected chi connectivity index (χ1v) is 14.6. The number of fused-ring (bicyclic) bond motifs is 1. The van der Waals surface area contributed by atoms with Crippen molar-refractivity contribution in [2.75, 3.05) is 25.2 Å². The zero-order chi connectivity index (χ0) is 25.9. The van der Waals surface area contributed by atoms with Crippen LogP contribution in [0.5, 0.6) is 11.5 Å². The molecule has 1 amide bonds. The normalized spacial score (nSPS) is 16.6. The van der Waals surface area contributed by atoms with Gasteiger partial charge in [-0.3, -0.25) is 10.2 Å². The number of amidine groups is 3. The Morgan fingerprint density at radius 3 is 2.58 bits per heavy atom. The molecule has 12 heteroatoms. The summed E-state index contributed by atoms with van der Waals surface area (Å²) in [5, 5.41) is 8.20. The standard InChI is InChI=1S/C24H24N4O5S3/c1-4-32-20-14-16(7-10-19(20)33-11-12-34-17-8-5-15(2)6-9-17)13-18-21(25)28-23(26-22(18)29)35-27-24(28)36(3,30)31/h5-10,13-14,25H,4,11-12H2,1-3H3/b18-13-,25-21?. The molecule has 0 bridgehead atoms. The first kappa shape index (κ1) is 26.0. The van der Waals surface area contributed by atoms with Crippen LogP contribution in [0.1, 0.15) is 18.1 Å². The van der Waals surface area contributed by atoms with Crippen molar-refractivity contribution in [2.24, 2.45) is 9.39 Å². The summed E-state index contributed by atoms with van der Waals surface area (Å²) >= 11 is 2.45. The number of nitrogens with one attached hydrogen (secondary N) is 1. The minimum absolute atomic E-state index is 0.0461. The summed E-state index contributed by atoms with van der Waals surface area (Å²) in [5.74, 6) is 0.878. The second-order valence-corrected chi connectivity index (χ2v) is 11.6. The summed E-state index contributed by atoms with van der Waals surface area (Å²) in [4.78, 5) is 18.8. The maximum Gasteiger partial charge on any atom is 0.283 e. The number of aryl methyl sites for hydroxylation is 1. The van der Waals surface area contributed by atoms with Gasteiger partial charge < -0.3 is 9.47 Å². The fraction of sp³-hybridized carbons (Fsp3) is 0.250. The van der Waals surface area contributed by atoms with Crippen molar-refractivity contribution in [3.05, 3.63) is 59.2 Å². The van der Waals surface area contributed by atoms with Crippen LogP contribution >= 0.6 is 23.7 Å². The summed E-state index contributed by atoms with van der Waals surface area (Å²) in [6.45, 7) is 4.79. The predicted molar refractivity (Wildman–Crippen MR) is 145 cm³/mol. The third-order valence-corrected chi connectivity index (χ3v) is 7.77. The largest absolute Gasteiger partial charge is 0.490 e. The monoisotopic (exact) mass is 544 g/mol. The van der Waals surface area contributed by atoms with Crippen LogP contribution in [0.3, 0.4) is 0 Å². The molecule has 36 heavy (non-hydrogen) atoms. The van der Waals surface area contributed by atoms with Crippen LogP contribution in [0.15, 0.2) is 62.3 Å². The summed E-state index contributed by atoms with van der Waals surface area (Å²) in [6.07, 6.45) is 2.47. The third kappa shape index (κ3) is 5.82. The van der Waals surface area contributed by atoms with Gasteiger partial charge in [-0.1, -0.05) is 23.8 Å². The Bertz CT molecular complexity index is 1400. The van der Waals surface area contributed by atoms with Crippen molar-refractivity contribution >= 4 is 61.7 Å². The van der Waals surface area contributed by atoms with Crippen molar-refractivity contribution in [2.45, 2.75) is 18.7 Å². The molecular weight excluding hydrogens is 520 g/mol. The second kappa shape index (κ2) is 10.9. The lowest BCUT2D eigenvalue weighted by molar-refractivity contribution is -0.114. The van der Waals surface area contributed by atoms with Gasteiger partial charge in [-0.2, -0.15) is 9.39 Å². The van der Waals surface area contributed by atoms with Crippen LogP contribution < -0.4 is 9.47 Å². The predicted octanol–water partition coefficient (Wildman–Crippen LogP) is 4.19. The van der Waals surface area contributed by atoms with E-state index < -0.39 is 15.7 Å². The summed E-state index contributed by atoms with van der Waals surface area (Å²) in [7, 11) is -3.71. The highest BCUT2D eigenvalue weighted by molar-refractivity contribution is 8.16. The molecule has 188 valence electrons. The van der Waals surface area contributed by atoms with Gasteiger partial charge in [0.15, 0.2) is 11.5 Å². The molecule has 4 rings (SSSR count). The van der Waals surface area contributed by atoms with Crippen molar-refractivity contribution in [3.8, 4) is 11.5 Å². The Morgan fingerprint density at radius 1 is 1.14 bits per heavy atom. The minimum Gasteiger partial charge on any atom is -0.490 e. The van der Waals surface area contributed by atoms with Crippen LogP contribution in [-0.2, 0) is 14.6 Å². The average molecular weight is 545 g/mol. The van der Waals surface area contributed by atoms with E-state index in [9.17, 15) is 13.2 Å². The van der Waals surface area contributed by atoms with E-state index in [0.29, 0.717) is 30.3 Å². The Balaban J connectivity index is 1.50. The van der Waals surface area contributed by atoms with Crippen molar-refractivity contribution in [1.82, 2.24) is 4.90 Å². The lowest BCUT2D eigenvalue weighted by Crippen LogP contribution is -2.45. The third-order valence-electron chi connectivity index (χ3n) is 5.04. The Morgan fingerprint density at radius 2 is 1.89 bits per heavy atom. The van der Waals surface area contributed by atoms with E-state index in [1.807, 2.05) is 6.92 Å². The number of benzene rings is 2. The molecule has 9 nitrogen and oxygen atoms in total. The molecule has 2 aliphatic rings. The maximum absolute atomic E-state index is 12.6. The molecule has 2 aromatic carbocycles. The summed E-state index contributed by atoms with van der Waals surface area (Å²) in [5.41, 5.74) is 1.74. The van der Waals surface area contributed by atoms with Gasteiger partial charge in [0.2, 0.25) is 20.2 Å². The van der Waals surface area contributed by atoms with Gasteiger partial charge >= 0.3 is 0 Å². The average Bonchev–Trinajstić information content (AvgIpc) is 3.26. The van der Waals surface area contributed by atoms with E-state index in [2.05, 4.69) is 40.6 Å². The van der Waals surface area contributed by atoms with Gasteiger partial charge in [0.1, 0.15) is 5.84 Å². The number of carbonyl (C=O) groups excluding carboxylic acids is 1. The quantitative estimate of drug-likeness (QED) is 0.227. The fourth-order valence-electron chi connectivity index (χ4n) is 3.35. The summed E-state index contributed by atoms with van der Waals surface area (Å²) < 4.78 is 39.7. The zero-order valence-corrected chi connectivity index (χ0v) is 22.3. The molecule has 2 aliphatic heterocycles. The van der Waals surface area contributed by atoms with Gasteiger partial charge in [-0.05, 0) is 49.8 Å². The fourth-order valence-corrected chi connectivity index (χ4v) is 5.93. The minimum atomic E-state index is -3.71. The van der Waals surface area contributed by atoms with E-state index in [1.165, 1.54) is 16.5 Å². The lowest BCUT2D eigenvalue weighted by Gasteiger charge is -2.23. The van der Waals surface area contributed by atoms with Crippen molar-refractivity contribution < 1.29 is 22.7 Å². The molecule has 0 spiro atoms. The maximum atomic E-state index is 12.6. The van der Waals surface area contributed by atoms with Crippen LogP contribution in [0.4, 0.5) is 0 Å². The van der Waals surface area contributed by atoms with Gasteiger partial charge in [-0.15, -0.1) is 11.8 Å². The number of aliphatic imine (C=N–C) groups is 1. The highest BCUT2D eigenvalue weighted by atomic mass is 32.2. The number of rotatable bonds is 8. The highest BCUT2D eigenvalue weighted by Gasteiger charge is 2.41. The highest BCUT2D eigenvalue weighted by Crippen LogP contribution is 2.32. The first-order chi connectivity index (χ1) is 17.2. The molecule has 2 heterocycles. The SMILES string of the molecule is CCOc1cc(/C=C2/C(=N)N3C(=NC2=O)SN=C3S(C)(=O)=O)ccc1OCCSc1ccc(C)cc1. The first-order valence-electron chi connectivity index (χ1n) is 11.0. The van der Waals surface area contributed by atoms with Crippen LogP contribution in [0, 0.1) is 12.3 Å². The van der Waals surface area contributed by atoms with E-state index in [4.69, 9.17) is 14.9 Å². The molecule has 0 atom stereocenters. The van der Waals surface area contributed by atoms with Gasteiger partial charge in [0, 0.05) is 16.9 Å². The van der Waals surface area contributed by atoms with Crippen molar-refractivity contribution in [3.63, 3.8) is 0 Å². The summed E-state index contributed by atoms with van der Waals surface area (Å²) in [6, 6.07) is 13.5. The van der Waals surface area contributed by atoms with Gasteiger partial charge in [0.05, 0.1) is 30.7 Å². The van der Waals surface area contributed by atoms with Gasteiger partial charge in [-0.25, -0.2) is 13.3 Å². The number of thioether (sulfide) groups is 1. The number of hydrogen-bond donors (Lipinski definition) is 1. The van der Waals surface area contributed by atoms with Crippen LogP contribution in [0.25, 0.3) is 6.08 Å². The number of ether oxygens (including phenoxy) is 2. The number of hydrogen-bond acceptors (Lipinski definition) is 9. The molecule has 2 aromatic rings. The van der Waals surface area contributed by atoms with Crippen LogP contribution in [0.2, 0.25) is 0 Å². The molecule has 0 saturated heterocycles. The number of nitrogens with zero attached hydrogens (tertiary/aromatic N) is 3. The smallest absolute Gasteiger partial charge is 0.283 e. The molecule has 0 aromatic heterocycles. The molecule has 1 N–H and O–H groups in total. The van der Waals surface area contributed by atoms with E-state index >= 15 is 0 Å². The van der Waals surface area contributed by atoms with Crippen molar-refractivity contribution in [1.29, 1.82) is 5.41 Å². The molecule has 0 saturated carbocycles. The van der Waals surface area contributed by atoms with Gasteiger partial charge in [0.25, 0.3) is 5.91 Å². The second-order valence-electron chi connectivity index (χ2n) is 7.83. The Kier molecular flexibility index (Phi) is 7.86. The topological polar surface area (TPSA) is 121 Å². The number of sulfone groups is 1. The Labute approximate surface area is 218 Å². The van der Waals surface area contributed by atoms with E-state index in [-0.39, 0.29) is 21.7 Å². The molecular formula is C24H24N4O5S3. The molecule has 0 unspecified atom stereocenters.